The minimum Gasteiger partial charge on any atom is -0.462 e. The number of amides is 2. The maximum atomic E-state index is 13.7. The van der Waals surface area contributed by atoms with Gasteiger partial charge in [0.2, 0.25) is 11.8 Å². The Bertz CT molecular complexity index is 843. The van der Waals surface area contributed by atoms with Crippen LogP contribution in [-0.2, 0) is 14.3 Å². The lowest BCUT2D eigenvalue weighted by molar-refractivity contribution is -0.160. The summed E-state index contributed by atoms with van der Waals surface area (Å²) in [5, 5.41) is 2.96. The quantitative estimate of drug-likeness (QED) is 0.725. The van der Waals surface area contributed by atoms with Gasteiger partial charge in [-0.05, 0) is 100 Å². The Morgan fingerprint density at radius 3 is 2.23 bits per heavy atom. The van der Waals surface area contributed by atoms with Gasteiger partial charge in [-0.1, -0.05) is 0 Å². The van der Waals surface area contributed by atoms with E-state index in [2.05, 4.69) is 5.32 Å². The standard InChI is InChI=1S/C25H32N2O4/c1-2-31-23(29)19-5-7-20(8-6-19)26-22(28)21-4-3-9-27(21)24(30)25-13-16-10-17(14-25)12-18(11-16)15-25/h5-8,16-18,21H,2-4,9-15H2,1H3,(H,26,28)/t16?,17?,18?,21-,25?/m0/s1. The monoisotopic (exact) mass is 424 g/mol. The maximum absolute atomic E-state index is 13.7. The molecule has 4 saturated carbocycles. The number of nitrogens with zero attached hydrogens (tertiary/aromatic N) is 1. The highest BCUT2D eigenvalue weighted by Crippen LogP contribution is 2.60. The Morgan fingerprint density at radius 2 is 1.65 bits per heavy atom. The molecule has 1 aromatic carbocycles. The van der Waals surface area contributed by atoms with Gasteiger partial charge in [0.1, 0.15) is 6.04 Å². The van der Waals surface area contributed by atoms with Crippen LogP contribution in [0.2, 0.25) is 0 Å². The van der Waals surface area contributed by atoms with Gasteiger partial charge in [-0.2, -0.15) is 0 Å². The molecular formula is C25H32N2O4. The van der Waals surface area contributed by atoms with E-state index in [1.54, 1.807) is 31.2 Å². The fourth-order valence-electron chi connectivity index (χ4n) is 7.09. The summed E-state index contributed by atoms with van der Waals surface area (Å²) in [5.74, 6) is 1.87. The average molecular weight is 425 g/mol. The van der Waals surface area contributed by atoms with E-state index in [9.17, 15) is 14.4 Å². The van der Waals surface area contributed by atoms with Crippen LogP contribution in [-0.4, -0.2) is 41.9 Å². The summed E-state index contributed by atoms with van der Waals surface area (Å²) in [4.78, 5) is 40.5. The van der Waals surface area contributed by atoms with Gasteiger partial charge < -0.3 is 15.0 Å². The van der Waals surface area contributed by atoms with Crippen LogP contribution >= 0.6 is 0 Å². The molecule has 0 spiro atoms. The smallest absolute Gasteiger partial charge is 0.338 e. The molecule has 1 N–H and O–H groups in total. The molecule has 166 valence electrons. The molecule has 5 aliphatic rings. The van der Waals surface area contributed by atoms with Gasteiger partial charge in [-0.3, -0.25) is 9.59 Å². The van der Waals surface area contributed by atoms with Crippen LogP contribution in [0.25, 0.3) is 0 Å². The number of esters is 1. The third kappa shape index (κ3) is 3.74. The van der Waals surface area contributed by atoms with Crippen molar-refractivity contribution in [3.8, 4) is 0 Å². The predicted octanol–water partition coefficient (Wildman–Crippen LogP) is 4.01. The van der Waals surface area contributed by atoms with E-state index in [1.165, 1.54) is 19.3 Å². The predicted molar refractivity (Wildman–Crippen MR) is 116 cm³/mol. The highest BCUT2D eigenvalue weighted by Gasteiger charge is 2.56. The van der Waals surface area contributed by atoms with E-state index < -0.39 is 6.04 Å². The summed E-state index contributed by atoms with van der Waals surface area (Å²) in [6.45, 7) is 2.78. The van der Waals surface area contributed by atoms with Crippen LogP contribution in [0.1, 0.15) is 68.6 Å². The third-order valence-corrected chi connectivity index (χ3v) is 7.97. The minimum absolute atomic E-state index is 0.125. The van der Waals surface area contributed by atoms with Crippen molar-refractivity contribution in [1.29, 1.82) is 0 Å². The first kappa shape index (κ1) is 20.5. The molecule has 0 aromatic heterocycles. The molecule has 31 heavy (non-hydrogen) atoms. The molecule has 4 aliphatic carbocycles. The van der Waals surface area contributed by atoms with Crippen LogP contribution in [0.5, 0.6) is 0 Å². The molecule has 6 rings (SSSR count). The van der Waals surface area contributed by atoms with E-state index in [1.807, 2.05) is 4.90 Å². The highest BCUT2D eigenvalue weighted by atomic mass is 16.5. The van der Waals surface area contributed by atoms with Crippen LogP contribution in [0, 0.1) is 23.2 Å². The van der Waals surface area contributed by atoms with Crippen molar-refractivity contribution in [1.82, 2.24) is 4.90 Å². The maximum Gasteiger partial charge on any atom is 0.338 e. The second-order valence-electron chi connectivity index (χ2n) is 10.1. The van der Waals surface area contributed by atoms with Gasteiger partial charge in [-0.25, -0.2) is 4.79 Å². The van der Waals surface area contributed by atoms with Gasteiger partial charge in [0.05, 0.1) is 17.6 Å². The summed E-state index contributed by atoms with van der Waals surface area (Å²) in [6, 6.07) is 6.33. The molecule has 0 radical (unpaired) electrons. The number of nitrogens with one attached hydrogen (secondary N) is 1. The van der Waals surface area contributed by atoms with Crippen LogP contribution < -0.4 is 5.32 Å². The van der Waals surface area contributed by atoms with E-state index in [0.717, 1.165) is 25.7 Å². The van der Waals surface area contributed by atoms with Gasteiger partial charge in [0.25, 0.3) is 0 Å². The fourth-order valence-corrected chi connectivity index (χ4v) is 7.09. The largest absolute Gasteiger partial charge is 0.462 e. The summed E-state index contributed by atoms with van der Waals surface area (Å²) in [7, 11) is 0. The normalized spacial score (nSPS) is 33.4. The van der Waals surface area contributed by atoms with Crippen molar-refractivity contribution >= 4 is 23.5 Å². The SMILES string of the molecule is CCOC(=O)c1ccc(NC(=O)[C@@H]2CCCN2C(=O)C23CC4CC(CC(C4)C2)C3)cc1. The zero-order chi connectivity index (χ0) is 21.6. The molecule has 5 fully saturated rings. The first-order chi connectivity index (χ1) is 15.0. The Hall–Kier alpha value is -2.37. The molecule has 6 nitrogen and oxygen atoms in total. The lowest BCUT2D eigenvalue weighted by Gasteiger charge is -2.56. The number of ether oxygens (including phenoxy) is 1. The van der Waals surface area contributed by atoms with E-state index in [0.29, 0.717) is 48.6 Å². The molecular weight excluding hydrogens is 392 g/mol. The molecule has 1 aromatic rings. The van der Waals surface area contributed by atoms with Gasteiger partial charge in [0.15, 0.2) is 0 Å². The topological polar surface area (TPSA) is 75.7 Å². The second kappa shape index (κ2) is 7.95. The Morgan fingerprint density at radius 1 is 1.03 bits per heavy atom. The number of anilines is 1. The number of benzene rings is 1. The van der Waals surface area contributed by atoms with E-state index >= 15 is 0 Å². The van der Waals surface area contributed by atoms with Crippen LogP contribution in [0.15, 0.2) is 24.3 Å². The third-order valence-electron chi connectivity index (χ3n) is 7.97. The highest BCUT2D eigenvalue weighted by molar-refractivity contribution is 5.99. The van der Waals surface area contributed by atoms with Crippen molar-refractivity contribution in [2.24, 2.45) is 23.2 Å². The van der Waals surface area contributed by atoms with Crippen molar-refractivity contribution in [3.63, 3.8) is 0 Å². The number of hydrogen-bond donors (Lipinski definition) is 1. The van der Waals surface area contributed by atoms with Gasteiger partial charge in [0, 0.05) is 12.2 Å². The van der Waals surface area contributed by atoms with Gasteiger partial charge in [-0.15, -0.1) is 0 Å². The fraction of sp³-hybridized carbons (Fsp3) is 0.640. The number of likely N-dealkylation sites (tertiary alicyclic amines) is 1. The summed E-state index contributed by atoms with van der Waals surface area (Å²) >= 11 is 0. The molecule has 4 bridgehead atoms. The number of rotatable bonds is 5. The molecule has 1 atom stereocenters. The molecule has 0 unspecified atom stereocenters. The van der Waals surface area contributed by atoms with Crippen molar-refractivity contribution in [2.45, 2.75) is 64.3 Å². The number of hydrogen-bond acceptors (Lipinski definition) is 4. The average Bonchev–Trinajstić information content (AvgIpc) is 3.23. The van der Waals surface area contributed by atoms with Crippen molar-refractivity contribution in [2.75, 3.05) is 18.5 Å². The lowest BCUT2D eigenvalue weighted by atomic mass is 9.49. The molecule has 2 amide bonds. The minimum atomic E-state index is -0.398. The lowest BCUT2D eigenvalue weighted by Crippen LogP contribution is -2.56. The summed E-state index contributed by atoms with van der Waals surface area (Å²) in [6.07, 6.45) is 8.57. The van der Waals surface area contributed by atoms with Gasteiger partial charge >= 0.3 is 5.97 Å². The van der Waals surface area contributed by atoms with E-state index in [4.69, 9.17) is 4.74 Å². The van der Waals surface area contributed by atoms with Crippen molar-refractivity contribution in [3.05, 3.63) is 29.8 Å². The zero-order valence-electron chi connectivity index (χ0n) is 18.3. The number of carbonyl (C=O) groups is 3. The zero-order valence-corrected chi connectivity index (χ0v) is 18.3. The molecule has 1 heterocycles. The van der Waals surface area contributed by atoms with Crippen LogP contribution in [0.4, 0.5) is 5.69 Å². The Labute approximate surface area is 183 Å². The molecule has 6 heteroatoms. The van der Waals surface area contributed by atoms with E-state index in [-0.39, 0.29) is 23.2 Å². The number of carbonyl (C=O) groups excluding carboxylic acids is 3. The summed E-state index contributed by atoms with van der Waals surface area (Å²) in [5.41, 5.74) is 0.880. The van der Waals surface area contributed by atoms with Crippen molar-refractivity contribution < 1.29 is 19.1 Å². The first-order valence-corrected chi connectivity index (χ1v) is 11.9. The Balaban J connectivity index is 1.26. The second-order valence-corrected chi connectivity index (χ2v) is 10.1. The Kier molecular flexibility index (Phi) is 5.27. The molecule has 1 saturated heterocycles. The summed E-state index contributed by atoms with van der Waals surface area (Å²) < 4.78 is 5.00. The first-order valence-electron chi connectivity index (χ1n) is 11.9. The molecule has 1 aliphatic heterocycles. The van der Waals surface area contributed by atoms with Crippen LogP contribution in [0.3, 0.4) is 0 Å².